The highest BCUT2D eigenvalue weighted by atomic mass is 16.4. The predicted octanol–water partition coefficient (Wildman–Crippen LogP) is 2.73. The number of aromatic nitrogens is 1. The molecule has 0 aliphatic rings. The monoisotopic (exact) mass is 296 g/mol. The quantitative estimate of drug-likeness (QED) is 0.861. The molecule has 0 saturated carbocycles. The van der Waals surface area contributed by atoms with Gasteiger partial charge < -0.3 is 10.0 Å². The van der Waals surface area contributed by atoms with Crippen LogP contribution in [-0.2, 0) is 16.1 Å². The fraction of sp³-hybridized carbons (Fsp3) is 0.118. The minimum absolute atomic E-state index is 0.0838. The number of aliphatic carboxylic acids is 1. The maximum Gasteiger partial charge on any atom is 0.328 e. The summed E-state index contributed by atoms with van der Waals surface area (Å²) in [6, 6.07) is 12.7. The summed E-state index contributed by atoms with van der Waals surface area (Å²) in [6.45, 7) is 1.89. The maximum atomic E-state index is 11.9. The third-order valence-corrected chi connectivity index (χ3v) is 3.05. The summed E-state index contributed by atoms with van der Waals surface area (Å²) in [4.78, 5) is 28.2. The topological polar surface area (TPSA) is 70.5 Å². The summed E-state index contributed by atoms with van der Waals surface area (Å²) in [6.07, 6.45) is 4.27. The van der Waals surface area contributed by atoms with Gasteiger partial charge >= 0.3 is 5.97 Å². The van der Waals surface area contributed by atoms with Crippen molar-refractivity contribution >= 4 is 23.6 Å². The molecule has 2 aromatic rings. The van der Waals surface area contributed by atoms with E-state index in [0.29, 0.717) is 6.54 Å². The Morgan fingerprint density at radius 1 is 1.18 bits per heavy atom. The van der Waals surface area contributed by atoms with Crippen molar-refractivity contribution in [1.29, 1.82) is 0 Å². The molecule has 1 amide bonds. The van der Waals surface area contributed by atoms with Crippen molar-refractivity contribution in [2.75, 3.05) is 4.90 Å². The molecule has 0 aliphatic carbocycles. The first-order chi connectivity index (χ1) is 10.6. The summed E-state index contributed by atoms with van der Waals surface area (Å²) >= 11 is 0. The smallest absolute Gasteiger partial charge is 0.328 e. The number of rotatable bonds is 5. The van der Waals surface area contributed by atoms with Gasteiger partial charge in [0, 0.05) is 24.9 Å². The first-order valence-corrected chi connectivity index (χ1v) is 6.75. The van der Waals surface area contributed by atoms with Gasteiger partial charge in [-0.15, -0.1) is 0 Å². The predicted molar refractivity (Wildman–Crippen MR) is 84.2 cm³/mol. The summed E-state index contributed by atoms with van der Waals surface area (Å²) < 4.78 is 0. The number of benzene rings is 1. The molecule has 1 heterocycles. The third kappa shape index (κ3) is 4.28. The molecule has 0 atom stereocenters. The Morgan fingerprint density at radius 2 is 1.91 bits per heavy atom. The Kier molecular flexibility index (Phi) is 5.03. The molecule has 1 aromatic carbocycles. The molecule has 1 N–H and O–H groups in total. The van der Waals surface area contributed by atoms with Crippen molar-refractivity contribution < 1.29 is 14.7 Å². The van der Waals surface area contributed by atoms with Crippen molar-refractivity contribution in [2.24, 2.45) is 0 Å². The maximum absolute atomic E-state index is 11.9. The van der Waals surface area contributed by atoms with Gasteiger partial charge in [-0.25, -0.2) is 4.79 Å². The number of carboxylic acid groups (broad SMARTS) is 1. The molecule has 0 bridgehead atoms. The van der Waals surface area contributed by atoms with Crippen LogP contribution in [0, 0.1) is 0 Å². The van der Waals surface area contributed by atoms with Crippen LogP contribution >= 0.6 is 0 Å². The van der Waals surface area contributed by atoms with Gasteiger partial charge in [0.2, 0.25) is 5.91 Å². The minimum atomic E-state index is -0.996. The van der Waals surface area contributed by atoms with Crippen molar-refractivity contribution in [3.63, 3.8) is 0 Å². The molecule has 0 unspecified atom stereocenters. The number of amides is 1. The fourth-order valence-electron chi connectivity index (χ4n) is 1.97. The van der Waals surface area contributed by atoms with Gasteiger partial charge in [0.15, 0.2) is 0 Å². The van der Waals surface area contributed by atoms with Crippen LogP contribution in [0.3, 0.4) is 0 Å². The van der Waals surface area contributed by atoms with Gasteiger partial charge in [-0.3, -0.25) is 9.78 Å². The van der Waals surface area contributed by atoms with Crippen molar-refractivity contribution in [2.45, 2.75) is 13.5 Å². The van der Waals surface area contributed by atoms with Gasteiger partial charge in [0.25, 0.3) is 0 Å². The van der Waals surface area contributed by atoms with Gasteiger partial charge in [0.05, 0.1) is 12.2 Å². The number of hydrogen-bond acceptors (Lipinski definition) is 3. The molecule has 0 radical (unpaired) electrons. The molecular weight excluding hydrogens is 280 g/mol. The van der Waals surface area contributed by atoms with Crippen LogP contribution in [-0.4, -0.2) is 22.0 Å². The van der Waals surface area contributed by atoms with Crippen molar-refractivity contribution in [1.82, 2.24) is 4.98 Å². The Balaban J connectivity index is 2.19. The zero-order valence-corrected chi connectivity index (χ0v) is 12.1. The van der Waals surface area contributed by atoms with Crippen LogP contribution in [0.4, 0.5) is 5.69 Å². The van der Waals surface area contributed by atoms with Crippen LogP contribution in [0.1, 0.15) is 18.2 Å². The van der Waals surface area contributed by atoms with Crippen LogP contribution in [0.15, 0.2) is 54.7 Å². The lowest BCUT2D eigenvalue weighted by Crippen LogP contribution is -2.28. The summed E-state index contributed by atoms with van der Waals surface area (Å²) in [5.74, 6) is -1.08. The summed E-state index contributed by atoms with van der Waals surface area (Å²) in [7, 11) is 0. The van der Waals surface area contributed by atoms with E-state index in [1.165, 1.54) is 13.0 Å². The molecular formula is C17H16N2O3. The van der Waals surface area contributed by atoms with E-state index in [1.807, 2.05) is 18.2 Å². The molecule has 0 spiro atoms. The zero-order chi connectivity index (χ0) is 15.9. The molecule has 0 aliphatic heterocycles. The van der Waals surface area contributed by atoms with Gasteiger partial charge in [0.1, 0.15) is 0 Å². The van der Waals surface area contributed by atoms with Crippen LogP contribution < -0.4 is 4.90 Å². The normalized spacial score (nSPS) is 10.6. The average Bonchev–Trinajstić information content (AvgIpc) is 2.52. The Morgan fingerprint density at radius 3 is 2.45 bits per heavy atom. The summed E-state index contributed by atoms with van der Waals surface area (Å²) in [5.41, 5.74) is 2.30. The minimum Gasteiger partial charge on any atom is -0.478 e. The van der Waals surface area contributed by atoms with Crippen LogP contribution in [0.2, 0.25) is 0 Å². The number of hydrogen-bond donors (Lipinski definition) is 1. The molecule has 0 saturated heterocycles. The van der Waals surface area contributed by atoms with Gasteiger partial charge in [-0.2, -0.15) is 0 Å². The number of carbonyl (C=O) groups excluding carboxylic acids is 1. The number of anilines is 1. The second kappa shape index (κ2) is 7.17. The molecule has 22 heavy (non-hydrogen) atoms. The molecule has 1 aromatic heterocycles. The SMILES string of the molecule is CC(=O)N(Cc1ccccn1)c1ccc(C=CC(=O)O)cc1. The highest BCUT2D eigenvalue weighted by molar-refractivity contribution is 5.91. The van der Waals surface area contributed by atoms with E-state index in [9.17, 15) is 9.59 Å². The van der Waals surface area contributed by atoms with E-state index in [-0.39, 0.29) is 5.91 Å². The van der Waals surface area contributed by atoms with Crippen LogP contribution in [0.25, 0.3) is 6.08 Å². The van der Waals surface area contributed by atoms with E-state index in [0.717, 1.165) is 23.0 Å². The lowest BCUT2D eigenvalue weighted by Gasteiger charge is -2.21. The Bertz CT molecular complexity index is 679. The highest BCUT2D eigenvalue weighted by Crippen LogP contribution is 2.18. The van der Waals surface area contributed by atoms with E-state index in [1.54, 1.807) is 35.4 Å². The van der Waals surface area contributed by atoms with E-state index >= 15 is 0 Å². The lowest BCUT2D eigenvalue weighted by molar-refractivity contribution is -0.131. The third-order valence-electron chi connectivity index (χ3n) is 3.05. The van der Waals surface area contributed by atoms with Gasteiger partial charge in [-0.05, 0) is 35.9 Å². The summed E-state index contributed by atoms with van der Waals surface area (Å²) in [5, 5.41) is 8.61. The van der Waals surface area contributed by atoms with Crippen molar-refractivity contribution in [3.05, 3.63) is 66.0 Å². The molecule has 5 nitrogen and oxygen atoms in total. The fourth-order valence-corrected chi connectivity index (χ4v) is 1.97. The molecule has 2 rings (SSSR count). The number of nitrogens with zero attached hydrogens (tertiary/aromatic N) is 2. The van der Waals surface area contributed by atoms with E-state index < -0.39 is 5.97 Å². The van der Waals surface area contributed by atoms with E-state index in [4.69, 9.17) is 5.11 Å². The lowest BCUT2D eigenvalue weighted by atomic mass is 10.1. The van der Waals surface area contributed by atoms with Gasteiger partial charge in [-0.1, -0.05) is 18.2 Å². The first-order valence-electron chi connectivity index (χ1n) is 6.75. The van der Waals surface area contributed by atoms with E-state index in [2.05, 4.69) is 4.98 Å². The number of carboxylic acids is 1. The molecule has 0 fully saturated rings. The molecule has 112 valence electrons. The standard InChI is InChI=1S/C17H16N2O3/c1-13(20)19(12-15-4-2-3-11-18-15)16-8-5-14(6-9-16)7-10-17(21)22/h2-11H,12H2,1H3,(H,21,22). The van der Waals surface area contributed by atoms with Crippen LogP contribution in [0.5, 0.6) is 0 Å². The highest BCUT2D eigenvalue weighted by Gasteiger charge is 2.12. The molecule has 5 heteroatoms. The number of carbonyl (C=O) groups is 2. The largest absolute Gasteiger partial charge is 0.478 e. The second-order valence-corrected chi connectivity index (χ2v) is 4.69. The first kappa shape index (κ1) is 15.4. The number of pyridine rings is 1. The second-order valence-electron chi connectivity index (χ2n) is 4.69. The Hall–Kier alpha value is -2.95. The Labute approximate surface area is 128 Å². The zero-order valence-electron chi connectivity index (χ0n) is 12.1. The van der Waals surface area contributed by atoms with Crippen molar-refractivity contribution in [3.8, 4) is 0 Å². The average molecular weight is 296 g/mol.